The van der Waals surface area contributed by atoms with Gasteiger partial charge in [0, 0.05) is 5.90 Å². The normalized spacial score (nSPS) is 20.2. The lowest BCUT2D eigenvalue weighted by Gasteiger charge is -2.13. The van der Waals surface area contributed by atoms with E-state index in [1.807, 2.05) is 0 Å². The summed E-state index contributed by atoms with van der Waals surface area (Å²) in [6, 6.07) is 31.2. The van der Waals surface area contributed by atoms with Crippen LogP contribution in [0, 0.1) is 0 Å². The number of rotatable bonds is 2. The number of benzene rings is 3. The van der Waals surface area contributed by atoms with Crippen molar-refractivity contribution in [1.82, 2.24) is 0 Å². The van der Waals surface area contributed by atoms with E-state index in [2.05, 4.69) is 84.9 Å². The van der Waals surface area contributed by atoms with Crippen molar-refractivity contribution in [2.75, 3.05) is 5.90 Å². The third kappa shape index (κ3) is 2.44. The minimum absolute atomic E-state index is 0.190. The SMILES string of the molecule is c1ccc(P2CP(c3ccccc3)c3ccccc32)cc1. The molecule has 4 rings (SSSR count). The van der Waals surface area contributed by atoms with Crippen molar-refractivity contribution in [3.8, 4) is 0 Å². The lowest BCUT2D eigenvalue weighted by atomic mass is 10.4. The third-order valence-corrected chi connectivity index (χ3v) is 10.1. The largest absolute Gasteiger partial charge is 0.0622 e. The molecule has 0 radical (unpaired) electrons. The van der Waals surface area contributed by atoms with Gasteiger partial charge < -0.3 is 0 Å². The Morgan fingerprint density at radius 1 is 0.476 bits per heavy atom. The Morgan fingerprint density at radius 3 is 1.29 bits per heavy atom. The molecule has 0 nitrogen and oxygen atoms in total. The highest BCUT2D eigenvalue weighted by Crippen LogP contribution is 2.54. The fraction of sp³-hybridized carbons (Fsp3) is 0.0526. The molecule has 3 aromatic carbocycles. The van der Waals surface area contributed by atoms with Crippen LogP contribution in [0.4, 0.5) is 0 Å². The van der Waals surface area contributed by atoms with E-state index in [4.69, 9.17) is 0 Å². The van der Waals surface area contributed by atoms with Crippen LogP contribution in [0.15, 0.2) is 84.9 Å². The summed E-state index contributed by atoms with van der Waals surface area (Å²) in [4.78, 5) is 0. The van der Waals surface area contributed by atoms with Gasteiger partial charge >= 0.3 is 0 Å². The van der Waals surface area contributed by atoms with Gasteiger partial charge in [-0.3, -0.25) is 0 Å². The lowest BCUT2D eigenvalue weighted by Crippen LogP contribution is -2.20. The predicted molar refractivity (Wildman–Crippen MR) is 96.6 cm³/mol. The Bertz CT molecular complexity index is 673. The average molecular weight is 306 g/mol. The summed E-state index contributed by atoms with van der Waals surface area (Å²) in [5.74, 6) is 1.30. The highest BCUT2D eigenvalue weighted by molar-refractivity contribution is 7.93. The van der Waals surface area contributed by atoms with E-state index >= 15 is 0 Å². The summed E-state index contributed by atoms with van der Waals surface area (Å²) in [5.41, 5.74) is 0. The zero-order valence-corrected chi connectivity index (χ0v) is 13.5. The first kappa shape index (κ1) is 13.2. The monoisotopic (exact) mass is 306 g/mol. The summed E-state index contributed by atoms with van der Waals surface area (Å²) >= 11 is 0. The van der Waals surface area contributed by atoms with E-state index < -0.39 is 0 Å². The van der Waals surface area contributed by atoms with Crippen LogP contribution in [0.2, 0.25) is 0 Å². The zero-order chi connectivity index (χ0) is 14.1. The van der Waals surface area contributed by atoms with Crippen molar-refractivity contribution in [3.63, 3.8) is 0 Å². The molecular weight excluding hydrogens is 290 g/mol. The zero-order valence-electron chi connectivity index (χ0n) is 11.7. The van der Waals surface area contributed by atoms with Gasteiger partial charge in [0.25, 0.3) is 0 Å². The van der Waals surface area contributed by atoms with Crippen LogP contribution in [0.25, 0.3) is 0 Å². The highest BCUT2D eigenvalue weighted by atomic mass is 31.2. The lowest BCUT2D eigenvalue weighted by molar-refractivity contribution is 1.76. The van der Waals surface area contributed by atoms with Gasteiger partial charge in [-0.2, -0.15) is 0 Å². The van der Waals surface area contributed by atoms with E-state index in [1.54, 1.807) is 10.6 Å². The van der Waals surface area contributed by atoms with Crippen molar-refractivity contribution >= 4 is 37.1 Å². The molecule has 2 heteroatoms. The van der Waals surface area contributed by atoms with Crippen molar-refractivity contribution < 1.29 is 0 Å². The second kappa shape index (κ2) is 5.72. The summed E-state index contributed by atoms with van der Waals surface area (Å²) in [7, 11) is -0.380. The molecule has 1 aliphatic heterocycles. The summed E-state index contributed by atoms with van der Waals surface area (Å²) in [6.07, 6.45) is 0. The van der Waals surface area contributed by atoms with Crippen LogP contribution in [-0.2, 0) is 0 Å². The first-order chi connectivity index (χ1) is 10.4. The molecule has 0 fully saturated rings. The van der Waals surface area contributed by atoms with Crippen LogP contribution in [0.1, 0.15) is 0 Å². The van der Waals surface area contributed by atoms with Gasteiger partial charge in [-0.05, 0) is 37.1 Å². The standard InChI is InChI=1S/C19H16P2/c1-3-9-16(10-4-1)20-15-21(17-11-5-2-6-12-17)19-14-8-7-13-18(19)20/h1-14H,15H2. The molecule has 0 amide bonds. The van der Waals surface area contributed by atoms with Gasteiger partial charge in [-0.1, -0.05) is 84.9 Å². The molecule has 0 saturated heterocycles. The van der Waals surface area contributed by atoms with E-state index in [-0.39, 0.29) is 15.8 Å². The molecule has 21 heavy (non-hydrogen) atoms. The van der Waals surface area contributed by atoms with Crippen LogP contribution in [-0.4, -0.2) is 5.90 Å². The molecule has 3 aromatic rings. The van der Waals surface area contributed by atoms with E-state index in [1.165, 1.54) is 16.5 Å². The van der Waals surface area contributed by atoms with Crippen LogP contribution in [0.5, 0.6) is 0 Å². The Labute approximate surface area is 128 Å². The van der Waals surface area contributed by atoms with Crippen LogP contribution >= 0.6 is 15.8 Å². The average Bonchev–Trinajstić information content (AvgIpc) is 2.96. The fourth-order valence-electron chi connectivity index (χ4n) is 2.87. The fourth-order valence-corrected chi connectivity index (χ4v) is 10.1. The van der Waals surface area contributed by atoms with Crippen LogP contribution < -0.4 is 21.2 Å². The quantitative estimate of drug-likeness (QED) is 0.636. The molecule has 2 atom stereocenters. The maximum absolute atomic E-state index is 2.35. The highest BCUT2D eigenvalue weighted by Gasteiger charge is 2.31. The van der Waals surface area contributed by atoms with E-state index in [0.717, 1.165) is 0 Å². The first-order valence-electron chi connectivity index (χ1n) is 7.18. The molecule has 0 aromatic heterocycles. The van der Waals surface area contributed by atoms with Crippen LogP contribution in [0.3, 0.4) is 0 Å². The summed E-state index contributed by atoms with van der Waals surface area (Å²) in [5, 5.41) is 6.21. The smallest absolute Gasteiger partial charge is 0.00410 e. The maximum Gasteiger partial charge on any atom is 0.00410 e. The molecule has 1 heterocycles. The topological polar surface area (TPSA) is 0 Å². The molecular formula is C19H16P2. The third-order valence-electron chi connectivity index (χ3n) is 3.88. The minimum Gasteiger partial charge on any atom is -0.0622 e. The van der Waals surface area contributed by atoms with Crippen molar-refractivity contribution in [3.05, 3.63) is 84.9 Å². The molecule has 0 N–H and O–H groups in total. The van der Waals surface area contributed by atoms with Gasteiger partial charge in [0.15, 0.2) is 0 Å². The summed E-state index contributed by atoms with van der Waals surface area (Å²) in [6.45, 7) is 0. The van der Waals surface area contributed by atoms with Gasteiger partial charge in [0.05, 0.1) is 0 Å². The minimum atomic E-state index is -0.190. The Kier molecular flexibility index (Phi) is 3.60. The molecule has 0 aliphatic carbocycles. The van der Waals surface area contributed by atoms with Gasteiger partial charge in [-0.25, -0.2) is 0 Å². The molecule has 0 spiro atoms. The predicted octanol–water partition coefficient (Wildman–Crippen LogP) is 3.52. The maximum atomic E-state index is 2.35. The number of hydrogen-bond acceptors (Lipinski definition) is 0. The molecule has 1 aliphatic rings. The number of fused-ring (bicyclic) bond motifs is 1. The molecule has 102 valence electrons. The van der Waals surface area contributed by atoms with Gasteiger partial charge in [-0.15, -0.1) is 0 Å². The molecule has 0 bridgehead atoms. The Balaban J connectivity index is 1.81. The van der Waals surface area contributed by atoms with Crippen molar-refractivity contribution in [2.45, 2.75) is 0 Å². The van der Waals surface area contributed by atoms with Crippen molar-refractivity contribution in [2.24, 2.45) is 0 Å². The van der Waals surface area contributed by atoms with E-state index in [9.17, 15) is 0 Å². The Hall–Kier alpha value is -1.48. The second-order valence-electron chi connectivity index (χ2n) is 5.16. The van der Waals surface area contributed by atoms with Gasteiger partial charge in [0.1, 0.15) is 0 Å². The summed E-state index contributed by atoms with van der Waals surface area (Å²) < 4.78 is 0. The number of hydrogen-bond donors (Lipinski definition) is 0. The molecule has 0 saturated carbocycles. The molecule has 2 unspecified atom stereocenters. The van der Waals surface area contributed by atoms with Crippen molar-refractivity contribution in [1.29, 1.82) is 0 Å². The van der Waals surface area contributed by atoms with Gasteiger partial charge in [0.2, 0.25) is 0 Å². The first-order valence-corrected chi connectivity index (χ1v) is 10.2. The van der Waals surface area contributed by atoms with E-state index in [0.29, 0.717) is 0 Å². The Morgan fingerprint density at radius 2 is 0.857 bits per heavy atom. The second-order valence-corrected chi connectivity index (χ2v) is 10.00.